The molecule has 1 aliphatic heterocycles. The maximum absolute atomic E-state index is 12.8. The molecule has 0 aliphatic carbocycles. The number of nitrogens with one attached hydrogen (secondary N) is 1. The number of fused-ring (bicyclic) bond motifs is 1. The number of rotatable bonds is 6. The van der Waals surface area contributed by atoms with Crippen LogP contribution in [0.25, 0.3) is 0 Å². The van der Waals surface area contributed by atoms with Gasteiger partial charge in [0, 0.05) is 36.3 Å². The minimum Gasteiger partial charge on any atom is -0.493 e. The Morgan fingerprint density at radius 1 is 1.00 bits per heavy atom. The number of amides is 2. The fraction of sp³-hybridized carbons (Fsp3) is 0.192. The predicted molar refractivity (Wildman–Crippen MR) is 128 cm³/mol. The van der Waals surface area contributed by atoms with E-state index >= 15 is 0 Å². The molecule has 7 nitrogen and oxygen atoms in total. The summed E-state index contributed by atoms with van der Waals surface area (Å²) in [5.74, 6) is 0.723. The number of benzene rings is 3. The summed E-state index contributed by atoms with van der Waals surface area (Å²) in [6.07, 6.45) is 0. The molecule has 0 fully saturated rings. The summed E-state index contributed by atoms with van der Waals surface area (Å²) in [5.41, 5.74) is 4.26. The van der Waals surface area contributed by atoms with Gasteiger partial charge in [-0.25, -0.2) is 0 Å². The molecule has 0 radical (unpaired) electrons. The van der Waals surface area contributed by atoms with E-state index in [0.717, 1.165) is 16.7 Å². The Morgan fingerprint density at radius 2 is 1.73 bits per heavy atom. The highest BCUT2D eigenvalue weighted by molar-refractivity contribution is 6.20. The van der Waals surface area contributed by atoms with E-state index in [1.54, 1.807) is 44.4 Å². The molecule has 1 aliphatic rings. The summed E-state index contributed by atoms with van der Waals surface area (Å²) in [5, 5.41) is 2.95. The molecule has 0 saturated heterocycles. The number of hydrogen-bond acceptors (Lipinski definition) is 5. The summed E-state index contributed by atoms with van der Waals surface area (Å²) in [6.45, 7) is 0.430. The van der Waals surface area contributed by atoms with Crippen molar-refractivity contribution in [2.75, 3.05) is 32.7 Å². The second-order valence-electron chi connectivity index (χ2n) is 7.59. The third kappa shape index (κ3) is 4.57. The van der Waals surface area contributed by atoms with E-state index in [1.165, 1.54) is 0 Å². The molecule has 0 spiro atoms. The molecule has 0 bridgehead atoms. The van der Waals surface area contributed by atoms with E-state index in [0.29, 0.717) is 35.0 Å². The topological polar surface area (TPSA) is 80.2 Å². The van der Waals surface area contributed by atoms with Crippen LogP contribution in [0, 0.1) is 0 Å². The number of aliphatic imine (C=N–C) groups is 1. The first kappa shape index (κ1) is 22.1. The number of ether oxygens (including phenoxy) is 2. The summed E-state index contributed by atoms with van der Waals surface area (Å²) in [7, 11) is 4.82. The van der Waals surface area contributed by atoms with E-state index in [4.69, 9.17) is 9.47 Å². The third-order valence-electron chi connectivity index (χ3n) is 5.56. The zero-order chi connectivity index (χ0) is 23.4. The predicted octanol–water partition coefficient (Wildman–Crippen LogP) is 3.45. The van der Waals surface area contributed by atoms with Crippen LogP contribution in [0.5, 0.6) is 11.5 Å². The molecule has 0 saturated carbocycles. The van der Waals surface area contributed by atoms with Gasteiger partial charge in [0.05, 0.1) is 25.6 Å². The van der Waals surface area contributed by atoms with Crippen LogP contribution in [0.2, 0.25) is 0 Å². The van der Waals surface area contributed by atoms with Gasteiger partial charge < -0.3 is 19.7 Å². The van der Waals surface area contributed by atoms with Crippen LogP contribution in [0.3, 0.4) is 0 Å². The van der Waals surface area contributed by atoms with Gasteiger partial charge in [-0.3, -0.25) is 14.6 Å². The Morgan fingerprint density at radius 3 is 2.45 bits per heavy atom. The average Bonchev–Trinajstić information content (AvgIpc) is 2.98. The lowest BCUT2D eigenvalue weighted by molar-refractivity contribution is -0.116. The zero-order valence-electron chi connectivity index (χ0n) is 18.8. The first-order chi connectivity index (χ1) is 16.0. The molecular formula is C26H25N3O4. The maximum Gasteiger partial charge on any atom is 0.251 e. The van der Waals surface area contributed by atoms with Gasteiger partial charge in [0.25, 0.3) is 5.91 Å². The lowest BCUT2D eigenvalue weighted by atomic mass is 9.97. The summed E-state index contributed by atoms with van der Waals surface area (Å²) < 4.78 is 10.9. The largest absolute Gasteiger partial charge is 0.493 e. The molecule has 2 amide bonds. The molecule has 4 rings (SSSR count). The number of carbonyl (C=O) groups excluding carboxylic acids is 2. The summed E-state index contributed by atoms with van der Waals surface area (Å²) in [4.78, 5) is 31.5. The van der Waals surface area contributed by atoms with E-state index in [2.05, 4.69) is 10.3 Å². The van der Waals surface area contributed by atoms with Crippen LogP contribution in [0.4, 0.5) is 5.69 Å². The molecule has 0 atom stereocenters. The molecule has 1 heterocycles. The molecule has 33 heavy (non-hydrogen) atoms. The monoisotopic (exact) mass is 443 g/mol. The average molecular weight is 444 g/mol. The second kappa shape index (κ2) is 9.56. The lowest BCUT2D eigenvalue weighted by Gasteiger charge is -2.20. The molecule has 168 valence electrons. The fourth-order valence-corrected chi connectivity index (χ4v) is 3.74. The fourth-order valence-electron chi connectivity index (χ4n) is 3.74. The minimum absolute atomic E-state index is 0.00439. The zero-order valence-corrected chi connectivity index (χ0v) is 18.8. The molecule has 0 unspecified atom stereocenters. The van der Waals surface area contributed by atoms with Crippen molar-refractivity contribution >= 4 is 23.2 Å². The van der Waals surface area contributed by atoms with Crippen molar-refractivity contribution in [2.24, 2.45) is 4.99 Å². The van der Waals surface area contributed by atoms with Crippen molar-refractivity contribution in [3.05, 3.63) is 89.0 Å². The Labute approximate surface area is 192 Å². The molecular weight excluding hydrogens is 418 g/mol. The van der Waals surface area contributed by atoms with Crippen LogP contribution in [0.1, 0.15) is 27.0 Å². The molecule has 3 aromatic rings. The van der Waals surface area contributed by atoms with Gasteiger partial charge in [-0.2, -0.15) is 0 Å². The molecule has 3 aromatic carbocycles. The van der Waals surface area contributed by atoms with Gasteiger partial charge in [0.1, 0.15) is 6.54 Å². The van der Waals surface area contributed by atoms with Crippen molar-refractivity contribution in [2.45, 2.75) is 6.54 Å². The van der Waals surface area contributed by atoms with Crippen LogP contribution < -0.4 is 19.7 Å². The normalized spacial score (nSPS) is 13.0. The van der Waals surface area contributed by atoms with Gasteiger partial charge in [0.15, 0.2) is 11.5 Å². The number of carbonyl (C=O) groups is 2. The van der Waals surface area contributed by atoms with Crippen LogP contribution >= 0.6 is 0 Å². The second-order valence-corrected chi connectivity index (χ2v) is 7.59. The van der Waals surface area contributed by atoms with Gasteiger partial charge in [-0.1, -0.05) is 42.5 Å². The van der Waals surface area contributed by atoms with E-state index in [9.17, 15) is 9.59 Å². The number of anilines is 1. The van der Waals surface area contributed by atoms with Crippen molar-refractivity contribution in [1.82, 2.24) is 5.32 Å². The first-order valence-electron chi connectivity index (χ1n) is 10.5. The van der Waals surface area contributed by atoms with Crippen molar-refractivity contribution in [1.29, 1.82) is 0 Å². The Balaban J connectivity index is 1.70. The number of methoxy groups -OCH3 is 2. The van der Waals surface area contributed by atoms with Gasteiger partial charge in [-0.15, -0.1) is 0 Å². The van der Waals surface area contributed by atoms with Crippen LogP contribution in [0.15, 0.2) is 71.7 Å². The van der Waals surface area contributed by atoms with Crippen LogP contribution in [-0.4, -0.2) is 45.3 Å². The SMILES string of the molecule is COc1cc2c(cc1OC)N(C)C(=O)CN=C2c1cccc(C(=O)NCc2ccccc2)c1. The molecule has 1 N–H and O–H groups in total. The molecule has 7 heteroatoms. The first-order valence-corrected chi connectivity index (χ1v) is 10.5. The standard InChI is InChI=1S/C26H25N3O4/c1-29-21-14-23(33-3)22(32-2)13-20(21)25(27-16-24(29)30)18-10-7-11-19(12-18)26(31)28-15-17-8-5-4-6-9-17/h4-14H,15-16H2,1-3H3,(H,28,31). The number of benzodiazepines with no additional fused rings is 1. The summed E-state index contributed by atoms with van der Waals surface area (Å²) >= 11 is 0. The van der Waals surface area contributed by atoms with Crippen LogP contribution in [-0.2, 0) is 11.3 Å². The highest BCUT2D eigenvalue weighted by atomic mass is 16.5. The van der Waals surface area contributed by atoms with Crippen molar-refractivity contribution in [3.8, 4) is 11.5 Å². The minimum atomic E-state index is -0.185. The number of hydrogen-bond donors (Lipinski definition) is 1. The Kier molecular flexibility index (Phi) is 6.40. The highest BCUT2D eigenvalue weighted by Gasteiger charge is 2.25. The third-order valence-corrected chi connectivity index (χ3v) is 5.56. The lowest BCUT2D eigenvalue weighted by Crippen LogP contribution is -2.27. The quantitative estimate of drug-likeness (QED) is 0.633. The molecule has 0 aromatic heterocycles. The summed E-state index contributed by atoms with van der Waals surface area (Å²) in [6, 6.07) is 20.5. The smallest absolute Gasteiger partial charge is 0.251 e. The van der Waals surface area contributed by atoms with Gasteiger partial charge in [-0.05, 0) is 23.8 Å². The van der Waals surface area contributed by atoms with E-state index in [-0.39, 0.29) is 18.4 Å². The van der Waals surface area contributed by atoms with Crippen molar-refractivity contribution < 1.29 is 19.1 Å². The Hall–Kier alpha value is -4.13. The van der Waals surface area contributed by atoms with Gasteiger partial charge in [0.2, 0.25) is 5.91 Å². The van der Waals surface area contributed by atoms with E-state index in [1.807, 2.05) is 48.5 Å². The Bertz CT molecular complexity index is 1220. The van der Waals surface area contributed by atoms with Gasteiger partial charge >= 0.3 is 0 Å². The number of nitrogens with zero attached hydrogens (tertiary/aromatic N) is 2. The maximum atomic E-state index is 12.8. The highest BCUT2D eigenvalue weighted by Crippen LogP contribution is 2.37. The number of likely N-dealkylation sites (N-methyl/N-ethyl adjacent to an activating group) is 1. The van der Waals surface area contributed by atoms with Crippen molar-refractivity contribution in [3.63, 3.8) is 0 Å². The van der Waals surface area contributed by atoms with E-state index < -0.39 is 0 Å².